The number of carbonyl (C=O) groups excluding carboxylic acids is 3. The molecule has 5 rings (SSSR count). The highest BCUT2D eigenvalue weighted by atomic mass is 19.1. The Morgan fingerprint density at radius 2 is 1.55 bits per heavy atom. The number of amides is 2. The van der Waals surface area contributed by atoms with Gasteiger partial charge in [-0.05, 0) is 30.9 Å². The van der Waals surface area contributed by atoms with Gasteiger partial charge in [-0.2, -0.15) is 0 Å². The summed E-state index contributed by atoms with van der Waals surface area (Å²) >= 11 is 0. The Labute approximate surface area is 125 Å². The van der Waals surface area contributed by atoms with E-state index in [1.807, 2.05) is 0 Å². The maximum Gasteiger partial charge on any atom is 0.238 e. The Hall–Kier alpha value is -2.11. The molecule has 2 amide bonds. The smallest absolute Gasteiger partial charge is 0.238 e. The molecule has 0 N–H and O–H groups in total. The molecule has 4 aliphatic rings. The highest BCUT2D eigenvalue weighted by Gasteiger charge is 2.61. The third-order valence-electron chi connectivity index (χ3n) is 5.17. The standard InChI is InChI=1S/C16H13F2NO3/c17-8-4-9(18)6-10(5-8)19-15(21)13-7-1-2-11(12(20)3-7)14(13)16(19)22/h4-7,11,13-14H,1-3H2/t7-,11+,13+,14-/m0/s1. The molecule has 22 heavy (non-hydrogen) atoms. The molecule has 4 atom stereocenters. The van der Waals surface area contributed by atoms with Gasteiger partial charge in [0, 0.05) is 18.4 Å². The van der Waals surface area contributed by atoms with E-state index < -0.39 is 41.2 Å². The third kappa shape index (κ3) is 1.69. The van der Waals surface area contributed by atoms with E-state index in [9.17, 15) is 23.2 Å². The minimum Gasteiger partial charge on any atom is -0.299 e. The van der Waals surface area contributed by atoms with E-state index in [0.717, 1.165) is 23.5 Å². The molecule has 0 spiro atoms. The average molecular weight is 305 g/mol. The van der Waals surface area contributed by atoms with Crippen molar-refractivity contribution in [3.05, 3.63) is 29.8 Å². The van der Waals surface area contributed by atoms with Crippen LogP contribution in [0.25, 0.3) is 0 Å². The van der Waals surface area contributed by atoms with Gasteiger partial charge in [0.1, 0.15) is 17.4 Å². The van der Waals surface area contributed by atoms with E-state index >= 15 is 0 Å². The van der Waals surface area contributed by atoms with Crippen molar-refractivity contribution in [3.8, 4) is 0 Å². The van der Waals surface area contributed by atoms with Gasteiger partial charge in [0.2, 0.25) is 11.8 Å². The van der Waals surface area contributed by atoms with Crippen LogP contribution < -0.4 is 4.90 Å². The van der Waals surface area contributed by atoms with Gasteiger partial charge in [-0.1, -0.05) is 0 Å². The van der Waals surface area contributed by atoms with E-state index in [0.29, 0.717) is 18.9 Å². The van der Waals surface area contributed by atoms with E-state index in [2.05, 4.69) is 0 Å². The van der Waals surface area contributed by atoms with Crippen molar-refractivity contribution >= 4 is 23.3 Å². The van der Waals surface area contributed by atoms with Crippen LogP contribution >= 0.6 is 0 Å². The van der Waals surface area contributed by atoms with E-state index in [1.54, 1.807) is 0 Å². The lowest BCUT2D eigenvalue weighted by atomic mass is 9.59. The number of ketones is 1. The summed E-state index contributed by atoms with van der Waals surface area (Å²) in [4.78, 5) is 38.1. The number of Topliss-reactive ketones (excluding diaryl/α,β-unsaturated/α-hetero) is 1. The molecule has 1 aliphatic heterocycles. The maximum atomic E-state index is 13.4. The van der Waals surface area contributed by atoms with E-state index in [4.69, 9.17) is 0 Å². The number of nitrogens with zero attached hydrogens (tertiary/aromatic N) is 1. The van der Waals surface area contributed by atoms with Crippen molar-refractivity contribution in [2.45, 2.75) is 19.3 Å². The van der Waals surface area contributed by atoms with Crippen LogP contribution in [0.4, 0.5) is 14.5 Å². The molecule has 0 radical (unpaired) electrons. The SMILES string of the molecule is O=C1C[C@@H]2CC[C@H]1[C@@H]1C(=O)N(c3cc(F)cc(F)c3)C(=O)[C@H]21. The van der Waals surface area contributed by atoms with Crippen molar-refractivity contribution in [1.29, 1.82) is 0 Å². The molecule has 1 heterocycles. The first-order chi connectivity index (χ1) is 10.5. The Morgan fingerprint density at radius 1 is 0.909 bits per heavy atom. The number of rotatable bonds is 1. The molecule has 3 aliphatic carbocycles. The molecule has 2 bridgehead atoms. The second-order valence-corrected chi connectivity index (χ2v) is 6.31. The van der Waals surface area contributed by atoms with Crippen LogP contribution in [0.2, 0.25) is 0 Å². The molecule has 114 valence electrons. The number of carbonyl (C=O) groups is 3. The van der Waals surface area contributed by atoms with Gasteiger partial charge in [-0.15, -0.1) is 0 Å². The number of imide groups is 1. The predicted octanol–water partition coefficient (Wildman–Crippen LogP) is 2.07. The van der Waals surface area contributed by atoms with Crippen LogP contribution in [-0.2, 0) is 14.4 Å². The zero-order chi connectivity index (χ0) is 15.6. The first kappa shape index (κ1) is 13.5. The minimum atomic E-state index is -0.843. The van der Waals surface area contributed by atoms with Crippen LogP contribution in [-0.4, -0.2) is 17.6 Å². The van der Waals surface area contributed by atoms with Crippen LogP contribution in [0, 0.1) is 35.3 Å². The second kappa shape index (κ2) is 4.44. The highest BCUT2D eigenvalue weighted by molar-refractivity contribution is 6.23. The summed E-state index contributed by atoms with van der Waals surface area (Å²) in [6.45, 7) is 0. The zero-order valence-corrected chi connectivity index (χ0v) is 11.6. The molecular formula is C16H13F2NO3. The Morgan fingerprint density at radius 3 is 2.18 bits per heavy atom. The summed E-state index contributed by atoms with van der Waals surface area (Å²) in [6.07, 6.45) is 1.70. The quantitative estimate of drug-likeness (QED) is 0.746. The predicted molar refractivity (Wildman–Crippen MR) is 71.7 cm³/mol. The van der Waals surface area contributed by atoms with Gasteiger partial charge >= 0.3 is 0 Å². The summed E-state index contributed by atoms with van der Waals surface area (Å²) in [6, 6.07) is 2.63. The minimum absolute atomic E-state index is 0.0333. The van der Waals surface area contributed by atoms with Crippen LogP contribution in [0.1, 0.15) is 19.3 Å². The fourth-order valence-corrected chi connectivity index (χ4v) is 4.31. The highest BCUT2D eigenvalue weighted by Crippen LogP contribution is 2.52. The van der Waals surface area contributed by atoms with Gasteiger partial charge in [0.05, 0.1) is 17.5 Å². The lowest BCUT2D eigenvalue weighted by molar-refractivity contribution is -0.143. The number of halogens is 2. The molecule has 6 heteroatoms. The van der Waals surface area contributed by atoms with Gasteiger partial charge in [0.15, 0.2) is 0 Å². The Bertz CT molecular complexity index is 697. The zero-order valence-electron chi connectivity index (χ0n) is 11.6. The molecule has 4 fully saturated rings. The normalized spacial score (nSPS) is 33.5. The summed E-state index contributed by atoms with van der Waals surface area (Å²) in [5, 5.41) is 0. The monoisotopic (exact) mass is 305 g/mol. The Balaban J connectivity index is 1.78. The summed E-state index contributed by atoms with van der Waals surface area (Å²) in [5.41, 5.74) is -0.0891. The first-order valence-corrected chi connectivity index (χ1v) is 7.34. The topological polar surface area (TPSA) is 54.5 Å². The lowest BCUT2D eigenvalue weighted by Gasteiger charge is -2.41. The summed E-state index contributed by atoms with van der Waals surface area (Å²) in [7, 11) is 0. The fraction of sp³-hybridized carbons (Fsp3) is 0.438. The van der Waals surface area contributed by atoms with Gasteiger partial charge in [0.25, 0.3) is 0 Å². The summed E-state index contributed by atoms with van der Waals surface area (Å²) < 4.78 is 26.8. The van der Waals surface area contributed by atoms with E-state index in [1.165, 1.54) is 0 Å². The van der Waals surface area contributed by atoms with Crippen LogP contribution in [0.5, 0.6) is 0 Å². The average Bonchev–Trinajstić information content (AvgIpc) is 2.72. The molecular weight excluding hydrogens is 292 g/mol. The van der Waals surface area contributed by atoms with Crippen molar-refractivity contribution in [1.82, 2.24) is 0 Å². The number of hydrogen-bond donors (Lipinski definition) is 0. The summed E-state index contributed by atoms with van der Waals surface area (Å²) in [5.74, 6) is -4.30. The molecule has 1 aromatic rings. The number of benzene rings is 1. The van der Waals surface area contributed by atoms with Gasteiger partial charge in [-0.25, -0.2) is 13.7 Å². The number of anilines is 1. The van der Waals surface area contributed by atoms with Crippen molar-refractivity contribution < 1.29 is 23.2 Å². The molecule has 1 saturated heterocycles. The molecule has 3 saturated carbocycles. The van der Waals surface area contributed by atoms with Gasteiger partial charge < -0.3 is 0 Å². The molecule has 0 aromatic heterocycles. The first-order valence-electron chi connectivity index (χ1n) is 7.34. The largest absolute Gasteiger partial charge is 0.299 e. The lowest BCUT2D eigenvalue weighted by Crippen LogP contribution is -2.46. The second-order valence-electron chi connectivity index (χ2n) is 6.31. The number of hydrogen-bond acceptors (Lipinski definition) is 3. The van der Waals surface area contributed by atoms with Gasteiger partial charge in [-0.3, -0.25) is 14.4 Å². The van der Waals surface area contributed by atoms with Crippen molar-refractivity contribution in [3.63, 3.8) is 0 Å². The molecule has 4 nitrogen and oxygen atoms in total. The third-order valence-corrected chi connectivity index (χ3v) is 5.17. The van der Waals surface area contributed by atoms with Crippen LogP contribution in [0.15, 0.2) is 18.2 Å². The molecule has 1 aromatic carbocycles. The van der Waals surface area contributed by atoms with Crippen molar-refractivity contribution in [2.75, 3.05) is 4.90 Å². The fourth-order valence-electron chi connectivity index (χ4n) is 4.31. The maximum absolute atomic E-state index is 13.4. The van der Waals surface area contributed by atoms with E-state index in [-0.39, 0.29) is 17.4 Å². The molecule has 0 unspecified atom stereocenters. The van der Waals surface area contributed by atoms with Crippen LogP contribution in [0.3, 0.4) is 0 Å². The number of fused-ring (bicyclic) bond motifs is 2. The van der Waals surface area contributed by atoms with Crippen molar-refractivity contribution in [2.24, 2.45) is 23.7 Å². The Kier molecular flexibility index (Phi) is 2.74.